The highest BCUT2D eigenvalue weighted by atomic mass is 16.2. The number of carbonyl (C=O) groups excluding carboxylic acids is 1. The summed E-state index contributed by atoms with van der Waals surface area (Å²) in [6.07, 6.45) is 6.71. The van der Waals surface area contributed by atoms with E-state index in [0.717, 1.165) is 18.3 Å². The summed E-state index contributed by atoms with van der Waals surface area (Å²) < 4.78 is 0. The fourth-order valence-corrected chi connectivity index (χ4v) is 3.20. The highest BCUT2D eigenvalue weighted by molar-refractivity contribution is 5.84. The summed E-state index contributed by atoms with van der Waals surface area (Å²) in [7, 11) is 0. The second-order valence-electron chi connectivity index (χ2n) is 5.72. The van der Waals surface area contributed by atoms with E-state index in [-0.39, 0.29) is 6.04 Å². The highest BCUT2D eigenvalue weighted by Crippen LogP contribution is 2.48. The number of nitrogens with one attached hydrogen (secondary N) is 1. The van der Waals surface area contributed by atoms with Crippen LogP contribution in [0.25, 0.3) is 0 Å². The summed E-state index contributed by atoms with van der Waals surface area (Å²) >= 11 is 0. The van der Waals surface area contributed by atoms with E-state index >= 15 is 0 Å². The molecule has 3 aliphatic rings. The lowest BCUT2D eigenvalue weighted by atomic mass is 10.0. The van der Waals surface area contributed by atoms with E-state index < -0.39 is 0 Å². The van der Waals surface area contributed by atoms with Gasteiger partial charge in [-0.3, -0.25) is 10.1 Å². The molecule has 3 rings (SSSR count). The quantitative estimate of drug-likeness (QED) is 0.785. The van der Waals surface area contributed by atoms with Crippen molar-refractivity contribution in [2.75, 3.05) is 0 Å². The van der Waals surface area contributed by atoms with E-state index in [1.54, 1.807) is 0 Å². The summed E-state index contributed by atoms with van der Waals surface area (Å²) in [6, 6.07) is 0.597. The van der Waals surface area contributed by atoms with Crippen LogP contribution < -0.4 is 5.32 Å². The Kier molecular flexibility index (Phi) is 2.46. The molecule has 0 radical (unpaired) electrons. The van der Waals surface area contributed by atoms with Gasteiger partial charge in [0.15, 0.2) is 0 Å². The van der Waals surface area contributed by atoms with Crippen LogP contribution in [0.4, 0.5) is 0 Å². The minimum Gasteiger partial charge on any atom is -0.322 e. The van der Waals surface area contributed by atoms with Crippen molar-refractivity contribution in [2.45, 2.75) is 64.2 Å². The van der Waals surface area contributed by atoms with Crippen LogP contribution in [0.1, 0.15) is 46.0 Å². The summed E-state index contributed by atoms with van der Waals surface area (Å²) in [5, 5.41) is 3.43. The van der Waals surface area contributed by atoms with Crippen LogP contribution in [0, 0.1) is 11.8 Å². The second-order valence-corrected chi connectivity index (χ2v) is 5.72. The Morgan fingerprint density at radius 2 is 1.88 bits per heavy atom. The second kappa shape index (κ2) is 3.73. The van der Waals surface area contributed by atoms with E-state index in [1.807, 2.05) is 6.92 Å². The first-order chi connectivity index (χ1) is 7.72. The molecule has 0 spiro atoms. The van der Waals surface area contributed by atoms with Crippen LogP contribution in [0.5, 0.6) is 0 Å². The molecule has 2 atom stereocenters. The van der Waals surface area contributed by atoms with Crippen LogP contribution in [0.3, 0.4) is 0 Å². The topological polar surface area (TPSA) is 32.3 Å². The van der Waals surface area contributed by atoms with Gasteiger partial charge >= 0.3 is 0 Å². The van der Waals surface area contributed by atoms with Crippen molar-refractivity contribution in [1.82, 2.24) is 10.2 Å². The molecule has 1 aliphatic heterocycles. The van der Waals surface area contributed by atoms with Gasteiger partial charge in [-0.05, 0) is 50.9 Å². The van der Waals surface area contributed by atoms with E-state index in [1.165, 1.54) is 25.7 Å². The van der Waals surface area contributed by atoms with Crippen molar-refractivity contribution in [3.8, 4) is 0 Å². The van der Waals surface area contributed by atoms with Crippen molar-refractivity contribution in [3.05, 3.63) is 0 Å². The zero-order valence-corrected chi connectivity index (χ0v) is 10.3. The smallest absolute Gasteiger partial charge is 0.240 e. The number of rotatable bonds is 4. The van der Waals surface area contributed by atoms with Gasteiger partial charge in [0.25, 0.3) is 0 Å². The Morgan fingerprint density at radius 3 is 2.31 bits per heavy atom. The molecule has 1 N–H and O–H groups in total. The van der Waals surface area contributed by atoms with Crippen molar-refractivity contribution in [3.63, 3.8) is 0 Å². The van der Waals surface area contributed by atoms with Crippen LogP contribution in [0.15, 0.2) is 0 Å². The molecule has 16 heavy (non-hydrogen) atoms. The molecule has 3 fully saturated rings. The zero-order chi connectivity index (χ0) is 11.3. The Morgan fingerprint density at radius 1 is 1.31 bits per heavy atom. The van der Waals surface area contributed by atoms with Crippen LogP contribution in [-0.4, -0.2) is 29.1 Å². The van der Waals surface area contributed by atoms with Gasteiger partial charge in [0.05, 0.1) is 12.2 Å². The van der Waals surface area contributed by atoms with Gasteiger partial charge in [-0.15, -0.1) is 0 Å². The van der Waals surface area contributed by atoms with Crippen LogP contribution in [-0.2, 0) is 4.79 Å². The average molecular weight is 222 g/mol. The van der Waals surface area contributed by atoms with Crippen molar-refractivity contribution in [2.24, 2.45) is 11.8 Å². The molecule has 2 unspecified atom stereocenters. The normalized spacial score (nSPS) is 35.2. The largest absolute Gasteiger partial charge is 0.322 e. The number of carbonyl (C=O) groups is 1. The summed E-state index contributed by atoms with van der Waals surface area (Å²) in [5.41, 5.74) is 0. The molecule has 90 valence electrons. The SMILES string of the molecule is CCC1NC(C)C(=O)N1C(C1CC1)C1CC1. The third kappa shape index (κ3) is 1.65. The molecular formula is C13H22N2O. The van der Waals surface area contributed by atoms with Gasteiger partial charge in [-0.1, -0.05) is 6.92 Å². The average Bonchev–Trinajstić information content (AvgIpc) is 3.14. The first-order valence-corrected chi connectivity index (χ1v) is 6.80. The van der Waals surface area contributed by atoms with Crippen LogP contribution >= 0.6 is 0 Å². The van der Waals surface area contributed by atoms with Gasteiger partial charge < -0.3 is 4.90 Å². The predicted octanol–water partition coefficient (Wildman–Crippen LogP) is 1.73. The molecule has 2 aliphatic carbocycles. The first-order valence-electron chi connectivity index (χ1n) is 6.80. The summed E-state index contributed by atoms with van der Waals surface area (Å²) in [4.78, 5) is 14.5. The molecule has 2 saturated carbocycles. The highest BCUT2D eigenvalue weighted by Gasteiger charge is 2.50. The molecule has 1 heterocycles. The van der Waals surface area contributed by atoms with Crippen molar-refractivity contribution >= 4 is 5.91 Å². The van der Waals surface area contributed by atoms with Crippen molar-refractivity contribution < 1.29 is 4.79 Å². The van der Waals surface area contributed by atoms with E-state index in [2.05, 4.69) is 17.1 Å². The minimum absolute atomic E-state index is 0.0324. The number of hydrogen-bond donors (Lipinski definition) is 1. The molecule has 1 saturated heterocycles. The molecule has 0 aromatic rings. The lowest BCUT2D eigenvalue weighted by Gasteiger charge is -2.32. The Hall–Kier alpha value is -0.570. The van der Waals surface area contributed by atoms with Gasteiger partial charge in [-0.2, -0.15) is 0 Å². The minimum atomic E-state index is 0.0324. The Bertz CT molecular complexity index is 284. The van der Waals surface area contributed by atoms with Crippen molar-refractivity contribution in [1.29, 1.82) is 0 Å². The fourth-order valence-electron chi connectivity index (χ4n) is 3.20. The standard InChI is InChI=1S/C13H22N2O/c1-3-11-14-8(2)13(16)15(11)12(9-4-5-9)10-6-7-10/h8-12,14H,3-7H2,1-2H3. The lowest BCUT2D eigenvalue weighted by molar-refractivity contribution is -0.133. The van der Waals surface area contributed by atoms with Gasteiger partial charge in [0, 0.05) is 6.04 Å². The van der Waals surface area contributed by atoms with Crippen LogP contribution in [0.2, 0.25) is 0 Å². The summed E-state index contributed by atoms with van der Waals surface area (Å²) in [5.74, 6) is 1.98. The molecule has 1 amide bonds. The molecule has 0 bridgehead atoms. The maximum atomic E-state index is 12.2. The van der Waals surface area contributed by atoms with Gasteiger partial charge in [0.1, 0.15) is 0 Å². The monoisotopic (exact) mass is 222 g/mol. The summed E-state index contributed by atoms with van der Waals surface area (Å²) in [6.45, 7) is 4.18. The Balaban J connectivity index is 1.81. The van der Waals surface area contributed by atoms with Gasteiger partial charge in [0.2, 0.25) is 5.91 Å². The Labute approximate surface area is 97.6 Å². The molecular weight excluding hydrogens is 200 g/mol. The maximum Gasteiger partial charge on any atom is 0.240 e. The molecule has 3 heteroatoms. The number of nitrogens with zero attached hydrogens (tertiary/aromatic N) is 1. The fraction of sp³-hybridized carbons (Fsp3) is 0.923. The lowest BCUT2D eigenvalue weighted by Crippen LogP contribution is -2.46. The predicted molar refractivity (Wildman–Crippen MR) is 62.8 cm³/mol. The molecule has 0 aromatic carbocycles. The zero-order valence-electron chi connectivity index (χ0n) is 10.3. The third-order valence-corrected chi connectivity index (χ3v) is 4.32. The van der Waals surface area contributed by atoms with E-state index in [4.69, 9.17) is 0 Å². The third-order valence-electron chi connectivity index (χ3n) is 4.32. The van der Waals surface area contributed by atoms with E-state index in [0.29, 0.717) is 18.1 Å². The van der Waals surface area contributed by atoms with E-state index in [9.17, 15) is 4.79 Å². The maximum absolute atomic E-state index is 12.2. The molecule has 3 nitrogen and oxygen atoms in total. The number of amides is 1. The first kappa shape index (κ1) is 10.6. The number of hydrogen-bond acceptors (Lipinski definition) is 2. The van der Waals surface area contributed by atoms with Gasteiger partial charge in [-0.25, -0.2) is 0 Å². The molecule has 0 aromatic heterocycles.